The molecular formula is C20H19ClN4S. The molecule has 26 heavy (non-hydrogen) atoms. The molecule has 3 heterocycles. The fourth-order valence-electron chi connectivity index (χ4n) is 3.48. The molecule has 2 atom stereocenters. The van der Waals surface area contributed by atoms with E-state index in [1.807, 2.05) is 50.5 Å². The van der Waals surface area contributed by atoms with Gasteiger partial charge in [-0.25, -0.2) is 0 Å². The van der Waals surface area contributed by atoms with Crippen LogP contribution in [0.4, 0.5) is 0 Å². The second-order valence-corrected chi connectivity index (χ2v) is 7.27. The summed E-state index contributed by atoms with van der Waals surface area (Å²) in [4.78, 5) is 6.64. The van der Waals surface area contributed by atoms with Crippen LogP contribution in [0.2, 0.25) is 5.02 Å². The van der Waals surface area contributed by atoms with Crippen molar-refractivity contribution in [2.24, 2.45) is 0 Å². The van der Waals surface area contributed by atoms with Crippen molar-refractivity contribution < 1.29 is 0 Å². The maximum absolute atomic E-state index is 6.20. The van der Waals surface area contributed by atoms with Crippen molar-refractivity contribution in [1.29, 1.82) is 0 Å². The SMILES string of the molecule is Cc1cc(-n2cccc2[C@H]2[C@H](c3ccccn3)NC(=S)N2C)ccc1Cl. The Bertz CT molecular complexity index is 953. The number of rotatable bonds is 3. The monoisotopic (exact) mass is 382 g/mol. The van der Waals surface area contributed by atoms with Crippen LogP contribution >= 0.6 is 23.8 Å². The lowest BCUT2D eigenvalue weighted by molar-refractivity contribution is 0.357. The molecule has 132 valence electrons. The minimum Gasteiger partial charge on any atom is -0.352 e. The maximum atomic E-state index is 6.20. The molecule has 4 rings (SSSR count). The number of benzene rings is 1. The molecule has 0 bridgehead atoms. The topological polar surface area (TPSA) is 33.1 Å². The highest BCUT2D eigenvalue weighted by Crippen LogP contribution is 2.38. The highest BCUT2D eigenvalue weighted by molar-refractivity contribution is 7.80. The van der Waals surface area contributed by atoms with Crippen LogP contribution in [-0.4, -0.2) is 26.6 Å². The molecule has 4 nitrogen and oxygen atoms in total. The van der Waals surface area contributed by atoms with Crippen molar-refractivity contribution in [3.8, 4) is 5.69 Å². The van der Waals surface area contributed by atoms with Crippen molar-refractivity contribution in [1.82, 2.24) is 19.8 Å². The van der Waals surface area contributed by atoms with E-state index in [9.17, 15) is 0 Å². The standard InChI is InChI=1S/C20H19ClN4S/c1-13-12-14(8-9-15(13)21)25-11-5-7-17(25)19-18(23-20(26)24(19)2)16-6-3-4-10-22-16/h3-12,18-19H,1-2H3,(H,23,26)/t18-,19-/m0/s1. The van der Waals surface area contributed by atoms with Crippen molar-refractivity contribution in [2.45, 2.75) is 19.0 Å². The Kier molecular flexibility index (Phi) is 4.42. The number of halogens is 1. The zero-order valence-corrected chi connectivity index (χ0v) is 16.1. The summed E-state index contributed by atoms with van der Waals surface area (Å²) in [5.41, 5.74) is 4.26. The van der Waals surface area contributed by atoms with Gasteiger partial charge in [-0.1, -0.05) is 17.7 Å². The highest BCUT2D eigenvalue weighted by atomic mass is 35.5. The Morgan fingerprint density at radius 2 is 2.00 bits per heavy atom. The smallest absolute Gasteiger partial charge is 0.169 e. The van der Waals surface area contributed by atoms with E-state index in [2.05, 4.69) is 44.2 Å². The lowest BCUT2D eigenvalue weighted by atomic mass is 10.0. The first-order chi connectivity index (χ1) is 12.6. The molecule has 1 saturated heterocycles. The molecular weight excluding hydrogens is 364 g/mol. The van der Waals surface area contributed by atoms with Gasteiger partial charge < -0.3 is 14.8 Å². The van der Waals surface area contributed by atoms with E-state index in [0.29, 0.717) is 0 Å². The van der Waals surface area contributed by atoms with Crippen LogP contribution in [0.25, 0.3) is 5.69 Å². The number of hydrogen-bond acceptors (Lipinski definition) is 2. The van der Waals surface area contributed by atoms with E-state index in [0.717, 1.165) is 32.8 Å². The van der Waals surface area contributed by atoms with Crippen LogP contribution in [0.1, 0.15) is 29.0 Å². The van der Waals surface area contributed by atoms with E-state index < -0.39 is 0 Å². The average Bonchev–Trinajstić information content (AvgIpc) is 3.23. The molecule has 3 aromatic rings. The molecule has 1 aliphatic rings. The van der Waals surface area contributed by atoms with Gasteiger partial charge in [-0.3, -0.25) is 4.98 Å². The molecule has 6 heteroatoms. The van der Waals surface area contributed by atoms with Crippen LogP contribution in [0.15, 0.2) is 60.9 Å². The van der Waals surface area contributed by atoms with Crippen molar-refractivity contribution >= 4 is 28.9 Å². The Morgan fingerprint density at radius 3 is 2.73 bits per heavy atom. The predicted octanol–water partition coefficient (Wildman–Crippen LogP) is 4.44. The third-order valence-electron chi connectivity index (χ3n) is 4.84. The Balaban J connectivity index is 1.80. The number of aryl methyl sites for hydroxylation is 1. The average molecular weight is 383 g/mol. The van der Waals surface area contributed by atoms with Gasteiger partial charge in [0.15, 0.2) is 5.11 Å². The van der Waals surface area contributed by atoms with E-state index >= 15 is 0 Å². The second-order valence-electron chi connectivity index (χ2n) is 6.47. The molecule has 1 aliphatic heterocycles. The minimum absolute atomic E-state index is 0.00394. The summed E-state index contributed by atoms with van der Waals surface area (Å²) in [5.74, 6) is 0. The Labute approximate surface area is 163 Å². The number of nitrogens with zero attached hydrogens (tertiary/aromatic N) is 3. The number of nitrogens with one attached hydrogen (secondary N) is 1. The molecule has 0 aliphatic carbocycles. The van der Waals surface area contributed by atoms with Crippen molar-refractivity contribution in [3.63, 3.8) is 0 Å². The second kappa shape index (κ2) is 6.74. The van der Waals surface area contributed by atoms with Gasteiger partial charge in [-0.05, 0) is 67.2 Å². The zero-order valence-electron chi connectivity index (χ0n) is 14.6. The zero-order chi connectivity index (χ0) is 18.3. The third kappa shape index (κ3) is 2.87. The summed E-state index contributed by atoms with van der Waals surface area (Å²) in [6.07, 6.45) is 3.89. The van der Waals surface area contributed by atoms with Crippen molar-refractivity contribution in [3.05, 3.63) is 82.9 Å². The van der Waals surface area contributed by atoms with Crippen LogP contribution in [0.3, 0.4) is 0 Å². The van der Waals surface area contributed by atoms with Gasteiger partial charge >= 0.3 is 0 Å². The molecule has 2 aromatic heterocycles. The largest absolute Gasteiger partial charge is 0.352 e. The normalized spacial score (nSPS) is 19.7. The molecule has 0 unspecified atom stereocenters. The minimum atomic E-state index is -0.00394. The number of pyridine rings is 1. The third-order valence-corrected chi connectivity index (χ3v) is 5.67. The molecule has 0 radical (unpaired) electrons. The van der Waals surface area contributed by atoms with Gasteiger partial charge in [-0.2, -0.15) is 0 Å². The summed E-state index contributed by atoms with van der Waals surface area (Å²) in [5, 5.41) is 4.92. The molecule has 1 aromatic carbocycles. The summed E-state index contributed by atoms with van der Waals surface area (Å²) in [6.45, 7) is 2.02. The van der Waals surface area contributed by atoms with Crippen LogP contribution in [0.5, 0.6) is 0 Å². The number of likely N-dealkylation sites (N-methyl/N-ethyl adjacent to an activating group) is 1. The van der Waals surface area contributed by atoms with Gasteiger partial charge in [0.05, 0.1) is 17.8 Å². The number of hydrogen-bond donors (Lipinski definition) is 1. The van der Waals surface area contributed by atoms with Crippen LogP contribution in [-0.2, 0) is 0 Å². The van der Waals surface area contributed by atoms with E-state index in [4.69, 9.17) is 23.8 Å². The first-order valence-electron chi connectivity index (χ1n) is 8.44. The van der Waals surface area contributed by atoms with Crippen molar-refractivity contribution in [2.75, 3.05) is 7.05 Å². The van der Waals surface area contributed by atoms with E-state index in [1.54, 1.807) is 0 Å². The first kappa shape index (κ1) is 17.1. The van der Waals surface area contributed by atoms with E-state index in [1.165, 1.54) is 0 Å². The number of aromatic nitrogens is 2. The fraction of sp³-hybridized carbons (Fsp3) is 0.200. The predicted molar refractivity (Wildman–Crippen MR) is 109 cm³/mol. The van der Waals surface area contributed by atoms with Crippen LogP contribution in [0, 0.1) is 6.92 Å². The Morgan fingerprint density at radius 1 is 1.15 bits per heavy atom. The van der Waals surface area contributed by atoms with Gasteiger partial charge in [0.2, 0.25) is 0 Å². The summed E-state index contributed by atoms with van der Waals surface area (Å²) < 4.78 is 2.19. The summed E-state index contributed by atoms with van der Waals surface area (Å²) in [6, 6.07) is 16.3. The quantitative estimate of drug-likeness (QED) is 0.679. The molecule has 1 N–H and O–H groups in total. The maximum Gasteiger partial charge on any atom is 0.169 e. The van der Waals surface area contributed by atoms with E-state index in [-0.39, 0.29) is 12.1 Å². The van der Waals surface area contributed by atoms with Crippen LogP contribution < -0.4 is 5.32 Å². The van der Waals surface area contributed by atoms with Gasteiger partial charge in [0, 0.05) is 35.8 Å². The fourth-order valence-corrected chi connectivity index (χ4v) is 3.84. The van der Waals surface area contributed by atoms with Gasteiger partial charge in [-0.15, -0.1) is 0 Å². The van der Waals surface area contributed by atoms with Gasteiger partial charge in [0.25, 0.3) is 0 Å². The highest BCUT2D eigenvalue weighted by Gasteiger charge is 2.39. The summed E-state index contributed by atoms with van der Waals surface area (Å²) >= 11 is 11.7. The first-order valence-corrected chi connectivity index (χ1v) is 9.23. The lowest BCUT2D eigenvalue weighted by Crippen LogP contribution is -2.25. The van der Waals surface area contributed by atoms with Gasteiger partial charge in [0.1, 0.15) is 0 Å². The lowest BCUT2D eigenvalue weighted by Gasteiger charge is -2.26. The summed E-state index contributed by atoms with van der Waals surface area (Å²) in [7, 11) is 2.02. The molecule has 0 spiro atoms. The molecule has 0 saturated carbocycles. The molecule has 0 amide bonds. The number of thiocarbonyl (C=S) groups is 1. The molecule has 1 fully saturated rings. The Hall–Kier alpha value is -2.37.